The average molecular weight is 404 g/mol. The third kappa shape index (κ3) is 4.81. The van der Waals surface area contributed by atoms with Gasteiger partial charge in [0.15, 0.2) is 5.17 Å². The zero-order valence-corrected chi connectivity index (χ0v) is 16.4. The van der Waals surface area contributed by atoms with E-state index in [1.54, 1.807) is 0 Å². The number of thioether (sulfide) groups is 1. The number of amides is 2. The molecule has 0 unspecified atom stereocenters. The minimum Gasteiger partial charge on any atom is -0.489 e. The first-order valence-electron chi connectivity index (χ1n) is 8.23. The minimum atomic E-state index is -0.367. The first-order valence-corrected chi connectivity index (χ1v) is 9.48. The number of hydrazone groups is 1. The Morgan fingerprint density at radius 1 is 1.22 bits per heavy atom. The molecule has 0 aromatic heterocycles. The summed E-state index contributed by atoms with van der Waals surface area (Å²) in [5.41, 5.74) is 1.73. The molecule has 0 aliphatic carbocycles. The van der Waals surface area contributed by atoms with Gasteiger partial charge in [-0.15, -0.1) is 5.10 Å². The SMILES string of the molecule is CC(=O)NC1=NN(C(C)=O)[C@H](c2cccc(OCc3ccccc3Cl)c2)S1. The van der Waals surface area contributed by atoms with Crippen molar-refractivity contribution in [3.05, 3.63) is 64.7 Å². The molecule has 2 aromatic rings. The van der Waals surface area contributed by atoms with Crippen molar-refractivity contribution >= 4 is 40.3 Å². The molecule has 27 heavy (non-hydrogen) atoms. The lowest BCUT2D eigenvalue weighted by Crippen LogP contribution is -2.25. The van der Waals surface area contributed by atoms with E-state index in [4.69, 9.17) is 16.3 Å². The van der Waals surface area contributed by atoms with Gasteiger partial charge in [0, 0.05) is 24.4 Å². The molecule has 140 valence electrons. The van der Waals surface area contributed by atoms with Gasteiger partial charge in [-0.05, 0) is 23.8 Å². The fraction of sp³-hybridized carbons (Fsp3) is 0.211. The standard InChI is InChI=1S/C19H18ClN3O3S/c1-12(24)21-19-22-23(13(2)25)18(27-19)14-7-5-8-16(10-14)26-11-15-6-3-4-9-17(15)20/h3-10,18H,11H2,1-2H3,(H,21,22,24)/t18-/m0/s1. The minimum absolute atomic E-state index is 0.213. The third-order valence-corrected chi connectivity index (χ3v) is 5.22. The van der Waals surface area contributed by atoms with Crippen LogP contribution in [0.2, 0.25) is 5.02 Å². The molecule has 1 atom stereocenters. The van der Waals surface area contributed by atoms with Crippen LogP contribution >= 0.6 is 23.4 Å². The lowest BCUT2D eigenvalue weighted by atomic mass is 10.2. The number of carbonyl (C=O) groups is 2. The van der Waals surface area contributed by atoms with Gasteiger partial charge in [-0.25, -0.2) is 5.01 Å². The smallest absolute Gasteiger partial charge is 0.241 e. The van der Waals surface area contributed by atoms with E-state index in [-0.39, 0.29) is 17.2 Å². The molecule has 0 spiro atoms. The molecule has 3 rings (SSSR count). The largest absolute Gasteiger partial charge is 0.489 e. The van der Waals surface area contributed by atoms with E-state index in [0.29, 0.717) is 22.5 Å². The molecule has 2 amide bonds. The van der Waals surface area contributed by atoms with Gasteiger partial charge in [-0.1, -0.05) is 53.7 Å². The Kier molecular flexibility index (Phi) is 6.03. The van der Waals surface area contributed by atoms with Crippen molar-refractivity contribution in [3.8, 4) is 5.75 Å². The highest BCUT2D eigenvalue weighted by atomic mass is 35.5. The summed E-state index contributed by atoms with van der Waals surface area (Å²) < 4.78 is 5.86. The first-order chi connectivity index (χ1) is 12.9. The topological polar surface area (TPSA) is 71.0 Å². The summed E-state index contributed by atoms with van der Waals surface area (Å²) in [5, 5.41) is 8.85. The number of nitrogens with one attached hydrogen (secondary N) is 1. The summed E-state index contributed by atoms with van der Waals surface area (Å²) >= 11 is 7.46. The summed E-state index contributed by atoms with van der Waals surface area (Å²) in [4.78, 5) is 23.2. The highest BCUT2D eigenvalue weighted by Crippen LogP contribution is 2.39. The van der Waals surface area contributed by atoms with E-state index in [9.17, 15) is 9.59 Å². The number of hydrogen-bond acceptors (Lipinski definition) is 5. The normalized spacial score (nSPS) is 16.0. The van der Waals surface area contributed by atoms with Crippen molar-refractivity contribution in [2.24, 2.45) is 5.10 Å². The maximum Gasteiger partial charge on any atom is 0.241 e. The summed E-state index contributed by atoms with van der Waals surface area (Å²) in [6, 6.07) is 14.9. The summed E-state index contributed by atoms with van der Waals surface area (Å²) in [7, 11) is 0. The second kappa shape index (κ2) is 8.45. The van der Waals surface area contributed by atoms with Gasteiger partial charge >= 0.3 is 0 Å². The number of ether oxygens (including phenoxy) is 1. The van der Waals surface area contributed by atoms with Crippen molar-refractivity contribution in [2.75, 3.05) is 0 Å². The predicted octanol–water partition coefficient (Wildman–Crippen LogP) is 3.92. The Labute approximate surface area is 166 Å². The molecule has 1 aliphatic heterocycles. The Morgan fingerprint density at radius 2 is 2.00 bits per heavy atom. The predicted molar refractivity (Wildman–Crippen MR) is 106 cm³/mol. The number of halogens is 1. The van der Waals surface area contributed by atoms with Crippen LogP contribution in [-0.4, -0.2) is 22.0 Å². The fourth-order valence-electron chi connectivity index (χ4n) is 2.51. The Morgan fingerprint density at radius 3 is 2.70 bits per heavy atom. The van der Waals surface area contributed by atoms with Gasteiger partial charge in [0.05, 0.1) is 0 Å². The van der Waals surface area contributed by atoms with Crippen molar-refractivity contribution in [1.82, 2.24) is 10.3 Å². The van der Waals surface area contributed by atoms with Gasteiger partial charge in [0.2, 0.25) is 11.8 Å². The molecule has 1 N–H and O–H groups in total. The highest BCUT2D eigenvalue weighted by Gasteiger charge is 2.32. The molecule has 2 aromatic carbocycles. The summed E-state index contributed by atoms with van der Waals surface area (Å²) in [5.74, 6) is 0.210. The Balaban J connectivity index is 1.75. The van der Waals surface area contributed by atoms with Crippen LogP contribution in [-0.2, 0) is 16.2 Å². The lowest BCUT2D eigenvalue weighted by molar-refractivity contribution is -0.129. The Bertz CT molecular complexity index is 903. The van der Waals surface area contributed by atoms with Gasteiger partial charge in [0.1, 0.15) is 17.7 Å². The van der Waals surface area contributed by atoms with Crippen molar-refractivity contribution in [1.29, 1.82) is 0 Å². The van der Waals surface area contributed by atoms with E-state index in [0.717, 1.165) is 11.1 Å². The summed E-state index contributed by atoms with van der Waals surface area (Å²) in [6.45, 7) is 3.17. The molecule has 1 heterocycles. The monoisotopic (exact) mass is 403 g/mol. The van der Waals surface area contributed by atoms with Crippen LogP contribution in [0, 0.1) is 0 Å². The second-order valence-electron chi connectivity index (χ2n) is 5.87. The van der Waals surface area contributed by atoms with Crippen LogP contribution in [0.15, 0.2) is 53.6 Å². The van der Waals surface area contributed by atoms with Gasteiger partial charge in [0.25, 0.3) is 0 Å². The molecular weight excluding hydrogens is 386 g/mol. The number of amidine groups is 1. The van der Waals surface area contributed by atoms with Crippen LogP contribution in [0.25, 0.3) is 0 Å². The van der Waals surface area contributed by atoms with E-state index in [2.05, 4.69) is 10.4 Å². The molecule has 1 aliphatic rings. The average Bonchev–Trinajstić information content (AvgIpc) is 3.05. The number of hydrogen-bond donors (Lipinski definition) is 1. The van der Waals surface area contributed by atoms with Crippen LogP contribution in [0.1, 0.15) is 30.3 Å². The molecule has 8 heteroatoms. The third-order valence-electron chi connectivity index (χ3n) is 3.74. The number of rotatable bonds is 4. The maximum absolute atomic E-state index is 11.9. The molecular formula is C19H18ClN3O3S. The van der Waals surface area contributed by atoms with Gasteiger partial charge < -0.3 is 10.1 Å². The van der Waals surface area contributed by atoms with Crippen LogP contribution < -0.4 is 10.1 Å². The van der Waals surface area contributed by atoms with E-state index in [1.165, 1.54) is 30.6 Å². The second-order valence-corrected chi connectivity index (χ2v) is 7.35. The molecule has 0 saturated heterocycles. The van der Waals surface area contributed by atoms with Crippen LogP contribution in [0.4, 0.5) is 0 Å². The number of benzene rings is 2. The zero-order valence-electron chi connectivity index (χ0n) is 14.8. The van der Waals surface area contributed by atoms with E-state index < -0.39 is 0 Å². The highest BCUT2D eigenvalue weighted by molar-refractivity contribution is 8.14. The van der Waals surface area contributed by atoms with Crippen molar-refractivity contribution in [3.63, 3.8) is 0 Å². The van der Waals surface area contributed by atoms with Gasteiger partial charge in [-0.2, -0.15) is 0 Å². The lowest BCUT2D eigenvalue weighted by Gasteiger charge is -2.20. The number of nitrogens with zero attached hydrogens (tertiary/aromatic N) is 2. The first kappa shape index (κ1) is 19.3. The van der Waals surface area contributed by atoms with Gasteiger partial charge in [-0.3, -0.25) is 9.59 Å². The molecule has 0 bridgehead atoms. The summed E-state index contributed by atoms with van der Waals surface area (Å²) in [6.07, 6.45) is 0. The molecule has 0 saturated carbocycles. The molecule has 6 nitrogen and oxygen atoms in total. The molecule has 0 radical (unpaired) electrons. The zero-order chi connectivity index (χ0) is 19.4. The van der Waals surface area contributed by atoms with E-state index in [1.807, 2.05) is 48.5 Å². The Hall–Kier alpha value is -2.51. The van der Waals surface area contributed by atoms with Crippen molar-refractivity contribution < 1.29 is 14.3 Å². The van der Waals surface area contributed by atoms with Crippen molar-refractivity contribution in [2.45, 2.75) is 25.8 Å². The fourth-order valence-corrected chi connectivity index (χ4v) is 3.83. The quantitative estimate of drug-likeness (QED) is 0.839. The molecule has 0 fully saturated rings. The van der Waals surface area contributed by atoms with Crippen LogP contribution in [0.3, 0.4) is 0 Å². The number of carbonyl (C=O) groups excluding carboxylic acids is 2. The van der Waals surface area contributed by atoms with E-state index >= 15 is 0 Å². The maximum atomic E-state index is 11.9. The van der Waals surface area contributed by atoms with Crippen LogP contribution in [0.5, 0.6) is 5.75 Å².